The molecule has 0 radical (unpaired) electrons. The number of benzene rings is 1. The van der Waals surface area contributed by atoms with Crippen LogP contribution in [0.4, 0.5) is 5.82 Å². The number of aromatic nitrogens is 4. The normalized spacial score (nSPS) is 10.3. The summed E-state index contributed by atoms with van der Waals surface area (Å²) in [7, 11) is 1.35. The van der Waals surface area contributed by atoms with Crippen molar-refractivity contribution < 1.29 is 9.53 Å². The minimum atomic E-state index is -0.394. The molecule has 0 saturated heterocycles. The van der Waals surface area contributed by atoms with Gasteiger partial charge in [0.2, 0.25) is 0 Å². The van der Waals surface area contributed by atoms with Crippen LogP contribution in [-0.2, 0) is 4.74 Å². The van der Waals surface area contributed by atoms with Crippen molar-refractivity contribution in [2.45, 2.75) is 13.8 Å². The third kappa shape index (κ3) is 3.97. The first-order valence-electron chi connectivity index (χ1n) is 9.03. The highest BCUT2D eigenvalue weighted by atomic mass is 79.9. The van der Waals surface area contributed by atoms with E-state index in [1.807, 2.05) is 48.7 Å². The van der Waals surface area contributed by atoms with Gasteiger partial charge in [0.05, 0.1) is 18.2 Å². The van der Waals surface area contributed by atoms with Gasteiger partial charge in [0.1, 0.15) is 15.9 Å². The van der Waals surface area contributed by atoms with Crippen molar-refractivity contribution >= 4 is 38.9 Å². The zero-order chi connectivity index (χ0) is 21.0. The Kier molecular flexibility index (Phi) is 6.23. The van der Waals surface area contributed by atoms with Crippen LogP contribution in [0.5, 0.6) is 0 Å². The fourth-order valence-corrected chi connectivity index (χ4v) is 3.13. The van der Waals surface area contributed by atoms with Crippen LogP contribution in [0, 0.1) is 0 Å². The van der Waals surface area contributed by atoms with Crippen molar-refractivity contribution in [1.82, 2.24) is 19.5 Å². The molecular formula is C21H20BrN5O2. The van der Waals surface area contributed by atoms with Crippen LogP contribution in [0.1, 0.15) is 24.2 Å². The van der Waals surface area contributed by atoms with E-state index in [0.717, 1.165) is 5.69 Å². The maximum atomic E-state index is 11.7. The van der Waals surface area contributed by atoms with E-state index >= 15 is 0 Å². The quantitative estimate of drug-likeness (QED) is 0.358. The summed E-state index contributed by atoms with van der Waals surface area (Å²) in [5.74, 6) is 0.598. The Hall–Kier alpha value is -3.26. The average Bonchev–Trinajstić information content (AvgIpc) is 3.13. The molecule has 0 unspecified atom stereocenters. The molecule has 148 valence electrons. The first-order chi connectivity index (χ1) is 14.1. The van der Waals surface area contributed by atoms with Gasteiger partial charge >= 0.3 is 5.97 Å². The second kappa shape index (κ2) is 8.83. The Bertz CT molecular complexity index is 1160. The average molecular weight is 454 g/mol. The molecule has 0 saturated carbocycles. The lowest BCUT2D eigenvalue weighted by Gasteiger charge is -2.10. The van der Waals surface area contributed by atoms with Crippen molar-refractivity contribution in [3.8, 4) is 17.1 Å². The van der Waals surface area contributed by atoms with Gasteiger partial charge in [-0.25, -0.2) is 19.7 Å². The Morgan fingerprint density at radius 2 is 1.79 bits per heavy atom. The molecule has 0 aliphatic heterocycles. The molecule has 0 aliphatic rings. The van der Waals surface area contributed by atoms with Gasteiger partial charge in [-0.15, -0.1) is 0 Å². The van der Waals surface area contributed by atoms with Crippen LogP contribution >= 0.6 is 15.9 Å². The predicted octanol–water partition coefficient (Wildman–Crippen LogP) is 4.64. The number of esters is 1. The molecule has 3 aromatic heterocycles. The first kappa shape index (κ1) is 20.5. The Morgan fingerprint density at radius 1 is 1.07 bits per heavy atom. The van der Waals surface area contributed by atoms with Crippen molar-refractivity contribution in [1.29, 1.82) is 0 Å². The lowest BCUT2D eigenvalue weighted by molar-refractivity contribution is 0.0601. The van der Waals surface area contributed by atoms with Crippen LogP contribution in [0.15, 0.2) is 59.3 Å². The van der Waals surface area contributed by atoms with Gasteiger partial charge in [-0.1, -0.05) is 13.8 Å². The molecule has 29 heavy (non-hydrogen) atoms. The largest absolute Gasteiger partial charge is 0.465 e. The molecule has 0 bridgehead atoms. The summed E-state index contributed by atoms with van der Waals surface area (Å²) >= 11 is 3.41. The number of ether oxygens (including phenoxy) is 1. The van der Waals surface area contributed by atoms with Gasteiger partial charge in [-0.3, -0.25) is 4.57 Å². The maximum Gasteiger partial charge on any atom is 0.337 e. The van der Waals surface area contributed by atoms with E-state index in [-0.39, 0.29) is 0 Å². The number of anilines is 1. The number of nitrogens with two attached hydrogens (primary N) is 1. The minimum Gasteiger partial charge on any atom is -0.465 e. The highest BCUT2D eigenvalue weighted by Gasteiger charge is 2.18. The van der Waals surface area contributed by atoms with Crippen molar-refractivity contribution in [3.63, 3.8) is 0 Å². The molecule has 2 N–H and O–H groups in total. The van der Waals surface area contributed by atoms with Crippen LogP contribution in [0.3, 0.4) is 0 Å². The number of hydrogen-bond acceptors (Lipinski definition) is 6. The fraction of sp³-hybridized carbons (Fsp3) is 0.143. The third-order valence-corrected chi connectivity index (χ3v) is 4.54. The zero-order valence-electron chi connectivity index (χ0n) is 16.3. The summed E-state index contributed by atoms with van der Waals surface area (Å²) in [6.07, 6.45) is 1.63. The Balaban J connectivity index is 0.00000117. The van der Waals surface area contributed by atoms with E-state index in [9.17, 15) is 4.79 Å². The van der Waals surface area contributed by atoms with Crippen LogP contribution < -0.4 is 5.73 Å². The summed E-state index contributed by atoms with van der Waals surface area (Å²) in [4.78, 5) is 25.1. The molecule has 4 rings (SSSR count). The van der Waals surface area contributed by atoms with Crippen molar-refractivity contribution in [2.75, 3.05) is 12.8 Å². The smallest absolute Gasteiger partial charge is 0.337 e. The number of imidazole rings is 1. The number of fused-ring (bicyclic) bond motifs is 1. The van der Waals surface area contributed by atoms with E-state index in [2.05, 4.69) is 25.9 Å². The number of nitrogen functional groups attached to an aromatic ring is 1. The van der Waals surface area contributed by atoms with Crippen LogP contribution in [0.2, 0.25) is 0 Å². The van der Waals surface area contributed by atoms with Crippen LogP contribution in [-0.4, -0.2) is 32.6 Å². The van der Waals surface area contributed by atoms with Crippen molar-refractivity contribution in [2.24, 2.45) is 0 Å². The Morgan fingerprint density at radius 3 is 2.45 bits per heavy atom. The fourth-order valence-electron chi connectivity index (χ4n) is 2.83. The highest BCUT2D eigenvalue weighted by Crippen LogP contribution is 2.30. The van der Waals surface area contributed by atoms with Crippen molar-refractivity contribution in [3.05, 3.63) is 64.9 Å². The van der Waals surface area contributed by atoms with E-state index in [0.29, 0.717) is 38.5 Å². The molecule has 7 nitrogen and oxygen atoms in total. The summed E-state index contributed by atoms with van der Waals surface area (Å²) in [6.45, 7) is 4.00. The summed E-state index contributed by atoms with van der Waals surface area (Å²) in [6, 6.07) is 14.4. The highest BCUT2D eigenvalue weighted by molar-refractivity contribution is 9.10. The SMILES string of the molecule is CC.COC(=O)c1ccc(-n2c(-c3cccnc3N)nc3ccc(Br)nc32)cc1. The molecular weight excluding hydrogens is 434 g/mol. The Labute approximate surface area is 176 Å². The number of hydrogen-bond donors (Lipinski definition) is 1. The number of carbonyl (C=O) groups is 1. The standard InChI is InChI=1S/C19H14BrN5O2.C2H6/c1-27-19(26)11-4-6-12(7-5-11)25-17(13-3-2-10-22-16(13)21)23-14-8-9-15(20)24-18(14)25;1-2/h2-10H,1H3,(H2,21,22);1-2H3. The van der Waals surface area contributed by atoms with Gasteiger partial charge in [0.25, 0.3) is 0 Å². The van der Waals surface area contributed by atoms with E-state index in [1.165, 1.54) is 7.11 Å². The lowest BCUT2D eigenvalue weighted by Crippen LogP contribution is -2.04. The molecule has 0 spiro atoms. The second-order valence-electron chi connectivity index (χ2n) is 5.72. The number of halogens is 1. The van der Waals surface area contributed by atoms with Gasteiger partial charge in [-0.05, 0) is 64.5 Å². The molecule has 0 atom stereocenters. The number of nitrogens with zero attached hydrogens (tertiary/aromatic N) is 4. The zero-order valence-corrected chi connectivity index (χ0v) is 17.8. The number of pyridine rings is 2. The van der Waals surface area contributed by atoms with Crippen LogP contribution in [0.25, 0.3) is 28.2 Å². The monoisotopic (exact) mass is 453 g/mol. The van der Waals surface area contributed by atoms with Gasteiger partial charge in [-0.2, -0.15) is 0 Å². The number of carbonyl (C=O) groups excluding carboxylic acids is 1. The van der Waals surface area contributed by atoms with E-state index in [4.69, 9.17) is 15.5 Å². The molecule has 8 heteroatoms. The van der Waals surface area contributed by atoms with Gasteiger partial charge in [0.15, 0.2) is 11.5 Å². The molecule has 1 aromatic carbocycles. The number of rotatable bonds is 3. The lowest BCUT2D eigenvalue weighted by atomic mass is 10.2. The van der Waals surface area contributed by atoms with Gasteiger partial charge < -0.3 is 10.5 Å². The third-order valence-electron chi connectivity index (χ3n) is 4.10. The topological polar surface area (TPSA) is 95.9 Å². The summed E-state index contributed by atoms with van der Waals surface area (Å²) in [5.41, 5.74) is 9.40. The molecule has 3 heterocycles. The molecule has 0 fully saturated rings. The molecule has 0 aliphatic carbocycles. The van der Waals surface area contributed by atoms with E-state index < -0.39 is 5.97 Å². The van der Waals surface area contributed by atoms with Gasteiger partial charge in [0, 0.05) is 11.9 Å². The minimum absolute atomic E-state index is 0.374. The molecule has 4 aromatic rings. The first-order valence-corrected chi connectivity index (χ1v) is 9.82. The number of methoxy groups -OCH3 is 1. The molecule has 0 amide bonds. The maximum absolute atomic E-state index is 11.7. The van der Waals surface area contributed by atoms with E-state index in [1.54, 1.807) is 24.4 Å². The second-order valence-corrected chi connectivity index (χ2v) is 6.53. The summed E-state index contributed by atoms with van der Waals surface area (Å²) < 4.78 is 7.33. The summed E-state index contributed by atoms with van der Waals surface area (Å²) in [5, 5.41) is 0. The predicted molar refractivity (Wildman–Crippen MR) is 117 cm³/mol.